The number of hydrogen-bond acceptors (Lipinski definition) is 2. The van der Waals surface area contributed by atoms with Gasteiger partial charge in [0.2, 0.25) is 0 Å². The zero-order valence-corrected chi connectivity index (χ0v) is 7.99. The molecular formula is C7H10AsNO. The summed E-state index contributed by atoms with van der Waals surface area (Å²) >= 11 is 1.53. The van der Waals surface area contributed by atoms with Gasteiger partial charge in [-0.2, -0.15) is 0 Å². The fourth-order valence-electron chi connectivity index (χ4n) is 0.709. The predicted octanol–water partition coefficient (Wildman–Crippen LogP) is 0.166. The van der Waals surface area contributed by atoms with Crippen LogP contribution in [0, 0.1) is 0 Å². The van der Waals surface area contributed by atoms with Crippen molar-refractivity contribution in [1.29, 1.82) is 0 Å². The van der Waals surface area contributed by atoms with E-state index in [2.05, 4.69) is 4.98 Å². The average molecular weight is 199 g/mol. The number of nitrogens with zero attached hydrogens (tertiary/aromatic N) is 1. The number of aliphatic hydroxyl groups excluding tert-OH is 1. The Morgan fingerprint density at radius 1 is 1.70 bits per heavy atom. The molecule has 0 aliphatic heterocycles. The summed E-state index contributed by atoms with van der Waals surface area (Å²) in [6, 6.07) is 3.72. The normalized spacial score (nSPS) is 13.0. The van der Waals surface area contributed by atoms with Gasteiger partial charge in [0.15, 0.2) is 0 Å². The second-order valence-electron chi connectivity index (χ2n) is 2.04. The van der Waals surface area contributed by atoms with Gasteiger partial charge in [-0.25, -0.2) is 0 Å². The predicted molar refractivity (Wildman–Crippen MR) is 42.5 cm³/mol. The Hall–Kier alpha value is -0.332. The van der Waals surface area contributed by atoms with Gasteiger partial charge in [0.1, 0.15) is 0 Å². The zero-order valence-electron chi connectivity index (χ0n) is 5.57. The van der Waals surface area contributed by atoms with E-state index in [9.17, 15) is 5.11 Å². The summed E-state index contributed by atoms with van der Waals surface area (Å²) in [7, 11) is 0. The summed E-state index contributed by atoms with van der Waals surface area (Å²) in [5.41, 5.74) is 0.909. The molecule has 0 radical (unpaired) electrons. The average Bonchev–Trinajstić information content (AvgIpc) is 2.05. The van der Waals surface area contributed by atoms with E-state index in [1.54, 1.807) is 12.4 Å². The van der Waals surface area contributed by atoms with Crippen molar-refractivity contribution < 1.29 is 5.11 Å². The van der Waals surface area contributed by atoms with Gasteiger partial charge in [-0.05, 0) is 0 Å². The topological polar surface area (TPSA) is 33.1 Å². The third-order valence-corrected chi connectivity index (χ3v) is 2.23. The first-order valence-electron chi connectivity index (χ1n) is 3.12. The van der Waals surface area contributed by atoms with E-state index in [0.29, 0.717) is 0 Å². The Kier molecular flexibility index (Phi) is 2.91. The van der Waals surface area contributed by atoms with E-state index in [1.165, 1.54) is 16.9 Å². The van der Waals surface area contributed by atoms with Crippen molar-refractivity contribution in [1.82, 2.24) is 4.98 Å². The molecule has 3 heteroatoms. The van der Waals surface area contributed by atoms with E-state index in [4.69, 9.17) is 0 Å². The van der Waals surface area contributed by atoms with Crippen LogP contribution in [-0.4, -0.2) is 26.9 Å². The minimum absolute atomic E-state index is 0.325. The van der Waals surface area contributed by atoms with Crippen LogP contribution in [0.2, 0.25) is 5.21 Å². The molecule has 0 aromatic carbocycles. The molecule has 0 amide bonds. The second-order valence-corrected chi connectivity index (χ2v) is 3.03. The SMILES string of the molecule is OC(C[AsH2])c1cccnc1. The van der Waals surface area contributed by atoms with Crippen LogP contribution in [0.4, 0.5) is 0 Å². The van der Waals surface area contributed by atoms with Gasteiger partial charge in [0.05, 0.1) is 0 Å². The number of aliphatic hydroxyl groups is 1. The van der Waals surface area contributed by atoms with Gasteiger partial charge in [-0.15, -0.1) is 0 Å². The molecule has 10 heavy (non-hydrogen) atoms. The van der Waals surface area contributed by atoms with Gasteiger partial charge < -0.3 is 0 Å². The number of pyridine rings is 1. The first-order chi connectivity index (χ1) is 4.84. The molecular weight excluding hydrogens is 189 g/mol. The molecule has 0 saturated carbocycles. The van der Waals surface area contributed by atoms with E-state index >= 15 is 0 Å². The molecule has 2 atom stereocenters. The molecule has 0 aliphatic carbocycles. The van der Waals surface area contributed by atoms with Crippen LogP contribution in [0.1, 0.15) is 11.7 Å². The van der Waals surface area contributed by atoms with Gasteiger partial charge >= 0.3 is 68.3 Å². The van der Waals surface area contributed by atoms with E-state index < -0.39 is 0 Å². The molecule has 2 nitrogen and oxygen atoms in total. The summed E-state index contributed by atoms with van der Waals surface area (Å²) in [5, 5.41) is 10.1. The third kappa shape index (κ3) is 1.83. The first-order valence-corrected chi connectivity index (χ1v) is 4.84. The number of rotatable bonds is 2. The minimum atomic E-state index is -0.325. The summed E-state index contributed by atoms with van der Waals surface area (Å²) in [6.07, 6.45) is 3.08. The van der Waals surface area contributed by atoms with Gasteiger partial charge in [0.25, 0.3) is 0 Å². The van der Waals surface area contributed by atoms with Crippen LogP contribution in [0.25, 0.3) is 0 Å². The van der Waals surface area contributed by atoms with Crippen LogP contribution in [-0.2, 0) is 0 Å². The quantitative estimate of drug-likeness (QED) is 0.688. The van der Waals surface area contributed by atoms with Gasteiger partial charge in [-0.1, -0.05) is 0 Å². The molecule has 1 heterocycles. The van der Waals surface area contributed by atoms with Crippen molar-refractivity contribution >= 4 is 16.9 Å². The molecule has 1 rings (SSSR count). The van der Waals surface area contributed by atoms with E-state index in [0.717, 1.165) is 10.8 Å². The summed E-state index contributed by atoms with van der Waals surface area (Å²) in [6.45, 7) is 0. The second kappa shape index (κ2) is 3.74. The Balaban J connectivity index is 2.75. The van der Waals surface area contributed by atoms with Crippen molar-refractivity contribution in [3.63, 3.8) is 0 Å². The Morgan fingerprint density at radius 3 is 3.00 bits per heavy atom. The molecule has 1 aromatic rings. The van der Waals surface area contributed by atoms with Crippen LogP contribution in [0.3, 0.4) is 0 Å². The third-order valence-electron chi connectivity index (χ3n) is 1.29. The van der Waals surface area contributed by atoms with E-state index in [1.807, 2.05) is 12.1 Å². The maximum atomic E-state index is 9.30. The number of hydrogen-bond donors (Lipinski definition) is 1. The molecule has 0 saturated heterocycles. The summed E-state index contributed by atoms with van der Waals surface area (Å²) in [5.74, 6) is 0. The van der Waals surface area contributed by atoms with Crippen molar-refractivity contribution in [3.8, 4) is 0 Å². The standard InChI is InChI=1S/C7H10AsNO/c8-4-7(10)6-2-1-3-9-5-6/h1-3,5,7,10H,4,8H2. The molecule has 0 aliphatic rings. The van der Waals surface area contributed by atoms with Crippen molar-refractivity contribution in [2.75, 3.05) is 0 Å². The van der Waals surface area contributed by atoms with Crippen LogP contribution >= 0.6 is 0 Å². The van der Waals surface area contributed by atoms with Gasteiger partial charge in [-0.3, -0.25) is 0 Å². The molecule has 0 bridgehead atoms. The van der Waals surface area contributed by atoms with Crippen LogP contribution < -0.4 is 0 Å². The molecule has 2 unspecified atom stereocenters. The fourth-order valence-corrected chi connectivity index (χ4v) is 1.28. The van der Waals surface area contributed by atoms with E-state index in [-0.39, 0.29) is 6.10 Å². The van der Waals surface area contributed by atoms with Gasteiger partial charge in [0, 0.05) is 0 Å². The van der Waals surface area contributed by atoms with Crippen molar-refractivity contribution in [2.45, 2.75) is 11.3 Å². The molecule has 0 fully saturated rings. The molecule has 1 aromatic heterocycles. The van der Waals surface area contributed by atoms with Crippen LogP contribution in [0.15, 0.2) is 24.5 Å². The summed E-state index contributed by atoms with van der Waals surface area (Å²) in [4.78, 5) is 3.90. The fraction of sp³-hybridized carbons (Fsp3) is 0.286. The Morgan fingerprint density at radius 2 is 2.50 bits per heavy atom. The van der Waals surface area contributed by atoms with Crippen molar-refractivity contribution in [2.24, 2.45) is 0 Å². The summed E-state index contributed by atoms with van der Waals surface area (Å²) < 4.78 is 0. The Bertz CT molecular complexity index is 190. The number of aromatic nitrogens is 1. The van der Waals surface area contributed by atoms with Crippen molar-refractivity contribution in [3.05, 3.63) is 30.1 Å². The first kappa shape index (κ1) is 7.77. The molecule has 0 spiro atoms. The Labute approximate surface area is 68.8 Å². The maximum absolute atomic E-state index is 9.30. The zero-order chi connectivity index (χ0) is 7.40. The molecule has 54 valence electrons. The molecule has 1 N–H and O–H groups in total. The van der Waals surface area contributed by atoms with Crippen LogP contribution in [0.5, 0.6) is 0 Å². The monoisotopic (exact) mass is 199 g/mol.